The second-order valence-corrected chi connectivity index (χ2v) is 12.2. The number of fused-ring (bicyclic) bond motifs is 5. The van der Waals surface area contributed by atoms with Gasteiger partial charge in [-0.05, 0) is 104 Å². The zero-order valence-electron chi connectivity index (χ0n) is 18.8. The monoisotopic (exact) mass is 384 g/mol. The fourth-order valence-corrected chi connectivity index (χ4v) is 9.55. The molecule has 0 aromatic heterocycles. The van der Waals surface area contributed by atoms with Crippen molar-refractivity contribution < 1.29 is 5.11 Å². The highest BCUT2D eigenvalue weighted by Crippen LogP contribution is 2.67. The van der Waals surface area contributed by atoms with Crippen molar-refractivity contribution in [2.45, 2.75) is 110 Å². The summed E-state index contributed by atoms with van der Waals surface area (Å²) in [4.78, 5) is 0. The topological polar surface area (TPSA) is 20.2 Å². The van der Waals surface area contributed by atoms with Gasteiger partial charge >= 0.3 is 0 Å². The summed E-state index contributed by atoms with van der Waals surface area (Å²) in [5.41, 5.74) is 2.63. The molecular formula is C27H44O. The molecular weight excluding hydrogens is 340 g/mol. The molecule has 0 unspecified atom stereocenters. The Morgan fingerprint density at radius 2 is 1.79 bits per heavy atom. The molecule has 0 heterocycles. The van der Waals surface area contributed by atoms with Crippen LogP contribution >= 0.6 is 0 Å². The summed E-state index contributed by atoms with van der Waals surface area (Å²) < 4.78 is 0. The van der Waals surface area contributed by atoms with E-state index < -0.39 is 0 Å². The van der Waals surface area contributed by atoms with E-state index in [1.54, 1.807) is 5.57 Å². The highest BCUT2D eigenvalue weighted by atomic mass is 16.3. The van der Waals surface area contributed by atoms with Crippen LogP contribution in [0, 0.1) is 46.3 Å². The molecule has 5 aliphatic carbocycles. The Morgan fingerprint density at radius 3 is 2.57 bits per heavy atom. The highest BCUT2D eigenvalue weighted by Gasteiger charge is 2.59. The largest absolute Gasteiger partial charge is 0.393 e. The first-order chi connectivity index (χ1) is 13.4. The average molecular weight is 385 g/mol. The lowest BCUT2D eigenvalue weighted by atomic mass is 9.47. The van der Waals surface area contributed by atoms with Crippen molar-refractivity contribution in [2.75, 3.05) is 0 Å². The summed E-state index contributed by atoms with van der Waals surface area (Å²) in [5, 5.41) is 10.2. The Kier molecular flexibility index (Phi) is 5.01. The van der Waals surface area contributed by atoms with Crippen molar-refractivity contribution in [3.05, 3.63) is 11.6 Å². The van der Waals surface area contributed by atoms with Crippen LogP contribution < -0.4 is 0 Å². The van der Waals surface area contributed by atoms with Gasteiger partial charge in [0.15, 0.2) is 0 Å². The Balaban J connectivity index is 1.35. The van der Waals surface area contributed by atoms with E-state index in [-0.39, 0.29) is 6.10 Å². The summed E-state index contributed by atoms with van der Waals surface area (Å²) >= 11 is 0. The van der Waals surface area contributed by atoms with Gasteiger partial charge < -0.3 is 5.11 Å². The van der Waals surface area contributed by atoms with Crippen LogP contribution in [0.25, 0.3) is 0 Å². The third-order valence-corrected chi connectivity index (χ3v) is 11.0. The molecule has 0 spiro atoms. The molecule has 158 valence electrons. The molecule has 0 aromatic carbocycles. The summed E-state index contributed by atoms with van der Waals surface area (Å²) in [6, 6.07) is 0. The minimum Gasteiger partial charge on any atom is -0.393 e. The van der Waals surface area contributed by atoms with Crippen molar-refractivity contribution in [1.82, 2.24) is 0 Å². The molecule has 0 aromatic rings. The number of aliphatic hydroxyl groups excluding tert-OH is 1. The van der Waals surface area contributed by atoms with Crippen molar-refractivity contribution in [2.24, 2.45) is 46.3 Å². The maximum absolute atomic E-state index is 10.2. The molecule has 1 nitrogen and oxygen atoms in total. The quantitative estimate of drug-likeness (QED) is 0.512. The van der Waals surface area contributed by atoms with Crippen LogP contribution in [0.4, 0.5) is 0 Å². The zero-order chi connectivity index (χ0) is 19.5. The number of hydrogen-bond acceptors (Lipinski definition) is 1. The Hall–Kier alpha value is -0.300. The molecule has 5 aliphatic rings. The lowest BCUT2D eigenvalue weighted by Gasteiger charge is -2.58. The maximum Gasteiger partial charge on any atom is 0.0577 e. The van der Waals surface area contributed by atoms with Gasteiger partial charge in [0.25, 0.3) is 0 Å². The van der Waals surface area contributed by atoms with Crippen molar-refractivity contribution in [1.29, 1.82) is 0 Å². The third-order valence-electron chi connectivity index (χ3n) is 11.0. The van der Waals surface area contributed by atoms with Gasteiger partial charge in [-0.25, -0.2) is 0 Å². The predicted molar refractivity (Wildman–Crippen MR) is 117 cm³/mol. The number of hydrogen-bond donors (Lipinski definition) is 1. The van der Waals surface area contributed by atoms with Crippen LogP contribution in [0.15, 0.2) is 11.6 Å². The molecule has 8 atom stereocenters. The maximum atomic E-state index is 10.2. The smallest absolute Gasteiger partial charge is 0.0577 e. The highest BCUT2D eigenvalue weighted by molar-refractivity contribution is 5.25. The lowest BCUT2D eigenvalue weighted by molar-refractivity contribution is -0.0579. The van der Waals surface area contributed by atoms with Crippen LogP contribution in [-0.2, 0) is 0 Å². The Labute approximate surface area is 173 Å². The molecule has 0 bridgehead atoms. The van der Waals surface area contributed by atoms with Gasteiger partial charge in [0.2, 0.25) is 0 Å². The van der Waals surface area contributed by atoms with Gasteiger partial charge in [-0.2, -0.15) is 0 Å². The fourth-order valence-electron chi connectivity index (χ4n) is 9.55. The molecule has 0 amide bonds. The van der Waals surface area contributed by atoms with Crippen LogP contribution in [0.3, 0.4) is 0 Å². The van der Waals surface area contributed by atoms with E-state index in [0.717, 1.165) is 48.3 Å². The molecule has 4 fully saturated rings. The van der Waals surface area contributed by atoms with Gasteiger partial charge in [-0.1, -0.05) is 58.1 Å². The van der Waals surface area contributed by atoms with Crippen molar-refractivity contribution in [3.8, 4) is 0 Å². The molecule has 28 heavy (non-hydrogen) atoms. The normalized spacial score (nSPS) is 49.9. The molecule has 5 rings (SSSR count). The molecule has 4 saturated carbocycles. The first kappa shape index (κ1) is 19.7. The molecule has 0 radical (unpaired) electrons. The summed E-state index contributed by atoms with van der Waals surface area (Å²) in [6.07, 6.45) is 20.5. The minimum absolute atomic E-state index is 0.0722. The second kappa shape index (κ2) is 7.14. The molecule has 1 N–H and O–H groups in total. The fraction of sp³-hybridized carbons (Fsp3) is 0.926. The van der Waals surface area contributed by atoms with Crippen molar-refractivity contribution in [3.63, 3.8) is 0 Å². The third kappa shape index (κ3) is 2.97. The first-order valence-electron chi connectivity index (χ1n) is 12.8. The molecule has 0 saturated heterocycles. The SMILES string of the molecule is C[C@H](CC1CCCC1)[C@H]1CC[C@H]2[C@@H]3CC=C4C[C@@H](O)CC[C@]4(C)[C@H]3CC[C@]12C. The minimum atomic E-state index is -0.0722. The number of aliphatic hydroxyl groups is 1. The van der Waals surface area contributed by atoms with Gasteiger partial charge in [0.05, 0.1) is 6.10 Å². The van der Waals surface area contributed by atoms with Crippen molar-refractivity contribution >= 4 is 0 Å². The standard InChI is InChI=1S/C27H44O/c1-18(16-19-6-4-5-7-19)23-10-11-24-22-9-8-20-17-21(28)12-14-26(20,2)25(22)13-15-27(23,24)3/h8,18-19,21-25,28H,4-7,9-17H2,1-3H3/t18-,21+,22+,23-,24+,25+,26+,27-/m1/s1. The zero-order valence-corrected chi connectivity index (χ0v) is 18.8. The Morgan fingerprint density at radius 1 is 1.00 bits per heavy atom. The lowest BCUT2D eigenvalue weighted by Crippen LogP contribution is -2.50. The van der Waals surface area contributed by atoms with Gasteiger partial charge in [-0.3, -0.25) is 0 Å². The average Bonchev–Trinajstić information content (AvgIpc) is 3.29. The van der Waals surface area contributed by atoms with E-state index in [1.807, 2.05) is 0 Å². The van der Waals surface area contributed by atoms with Gasteiger partial charge in [0.1, 0.15) is 0 Å². The summed E-state index contributed by atoms with van der Waals surface area (Å²) in [7, 11) is 0. The second-order valence-electron chi connectivity index (χ2n) is 12.2. The summed E-state index contributed by atoms with van der Waals surface area (Å²) in [6.45, 7) is 7.90. The van der Waals surface area contributed by atoms with Crippen LogP contribution in [0.5, 0.6) is 0 Å². The predicted octanol–water partition coefficient (Wildman–Crippen LogP) is 7.14. The van der Waals surface area contributed by atoms with Gasteiger partial charge in [0, 0.05) is 0 Å². The van der Waals surface area contributed by atoms with Crippen LogP contribution in [-0.4, -0.2) is 11.2 Å². The Bertz CT molecular complexity index is 616. The van der Waals surface area contributed by atoms with E-state index >= 15 is 0 Å². The first-order valence-corrected chi connectivity index (χ1v) is 12.8. The number of rotatable bonds is 3. The number of allylic oxidation sites excluding steroid dienone is 1. The van der Waals surface area contributed by atoms with E-state index in [1.165, 1.54) is 70.6 Å². The van der Waals surface area contributed by atoms with E-state index in [9.17, 15) is 5.11 Å². The summed E-state index contributed by atoms with van der Waals surface area (Å²) in [5.74, 6) is 5.73. The molecule has 0 aliphatic heterocycles. The van der Waals surface area contributed by atoms with E-state index in [0.29, 0.717) is 10.8 Å². The molecule has 1 heteroatoms. The van der Waals surface area contributed by atoms with Gasteiger partial charge in [-0.15, -0.1) is 0 Å². The van der Waals surface area contributed by atoms with E-state index in [2.05, 4.69) is 26.8 Å². The van der Waals surface area contributed by atoms with Crippen LogP contribution in [0.1, 0.15) is 104 Å². The van der Waals surface area contributed by atoms with E-state index in [4.69, 9.17) is 0 Å². The van der Waals surface area contributed by atoms with Crippen LogP contribution in [0.2, 0.25) is 0 Å².